The topological polar surface area (TPSA) is 55.2 Å². The Kier molecular flexibility index (Phi) is 3.11. The summed E-state index contributed by atoms with van der Waals surface area (Å²) < 4.78 is 14.7. The molecule has 1 aliphatic heterocycles. The molecule has 0 unspecified atom stereocenters. The van der Waals surface area contributed by atoms with Gasteiger partial charge in [0.25, 0.3) is 5.56 Å². The Morgan fingerprint density at radius 3 is 2.67 bits per heavy atom. The van der Waals surface area contributed by atoms with Gasteiger partial charge in [-0.2, -0.15) is 0 Å². The number of rotatable bonds is 2. The minimum absolute atomic E-state index is 0.0356. The van der Waals surface area contributed by atoms with Gasteiger partial charge in [-0.1, -0.05) is 6.07 Å². The van der Waals surface area contributed by atoms with Crippen molar-refractivity contribution in [3.05, 3.63) is 69.5 Å². The van der Waals surface area contributed by atoms with Crippen molar-refractivity contribution in [2.45, 2.75) is 6.54 Å². The Morgan fingerprint density at radius 1 is 1.12 bits per heavy atom. The van der Waals surface area contributed by atoms with Gasteiger partial charge in [0.15, 0.2) is 5.82 Å². The van der Waals surface area contributed by atoms with E-state index in [0.717, 1.165) is 11.6 Å². The molecule has 120 valence electrons. The van der Waals surface area contributed by atoms with Crippen LogP contribution >= 0.6 is 0 Å². The predicted molar refractivity (Wildman–Crippen MR) is 88.1 cm³/mol. The summed E-state index contributed by atoms with van der Waals surface area (Å²) >= 11 is 0. The summed E-state index contributed by atoms with van der Waals surface area (Å²) in [5.41, 5.74) is 1.69. The summed E-state index contributed by atoms with van der Waals surface area (Å²) in [6.07, 6.45) is 0. The molecule has 1 aliphatic rings. The Balaban J connectivity index is 2.01. The number of nitrogens with zero attached hydrogens (tertiary/aromatic N) is 3. The Bertz CT molecular complexity index is 1070. The predicted octanol–water partition coefficient (Wildman–Crippen LogP) is 2.13. The van der Waals surface area contributed by atoms with Gasteiger partial charge in [0.2, 0.25) is 5.78 Å². The van der Waals surface area contributed by atoms with Crippen LogP contribution in [0.2, 0.25) is 0 Å². The molecule has 5 nitrogen and oxygen atoms in total. The largest absolute Gasteiger partial charge is 0.305 e. The molecule has 0 radical (unpaired) electrons. The minimum atomic E-state index is -0.513. The molecule has 3 aromatic rings. The highest BCUT2D eigenvalue weighted by Crippen LogP contribution is 2.27. The molecular formula is C18H14FN3O2. The molecule has 0 saturated heterocycles. The van der Waals surface area contributed by atoms with E-state index in [2.05, 4.69) is 4.98 Å². The number of ketones is 1. The van der Waals surface area contributed by atoms with Crippen molar-refractivity contribution in [1.82, 2.24) is 14.5 Å². The number of halogens is 1. The van der Waals surface area contributed by atoms with Gasteiger partial charge in [-0.3, -0.25) is 14.2 Å². The van der Waals surface area contributed by atoms with Crippen LogP contribution in [0.1, 0.15) is 21.7 Å². The summed E-state index contributed by atoms with van der Waals surface area (Å²) in [4.78, 5) is 31.7. The van der Waals surface area contributed by atoms with E-state index in [4.69, 9.17) is 0 Å². The van der Waals surface area contributed by atoms with Crippen LogP contribution in [-0.2, 0) is 6.54 Å². The number of fused-ring (bicyclic) bond motifs is 4. The molecule has 2 heterocycles. The van der Waals surface area contributed by atoms with Gasteiger partial charge in [-0.25, -0.2) is 9.37 Å². The Morgan fingerprint density at radius 2 is 1.92 bits per heavy atom. The second-order valence-corrected chi connectivity index (χ2v) is 6.16. The van der Waals surface area contributed by atoms with Crippen molar-refractivity contribution in [2.24, 2.45) is 0 Å². The lowest BCUT2D eigenvalue weighted by Crippen LogP contribution is -2.22. The van der Waals surface area contributed by atoms with Crippen LogP contribution in [0.25, 0.3) is 16.6 Å². The van der Waals surface area contributed by atoms with Gasteiger partial charge >= 0.3 is 0 Å². The van der Waals surface area contributed by atoms with E-state index in [0.29, 0.717) is 23.1 Å². The van der Waals surface area contributed by atoms with Crippen molar-refractivity contribution in [1.29, 1.82) is 0 Å². The third kappa shape index (κ3) is 2.07. The molecule has 0 aliphatic carbocycles. The van der Waals surface area contributed by atoms with E-state index in [1.165, 1.54) is 16.7 Å². The number of aromatic nitrogens is 2. The van der Waals surface area contributed by atoms with Gasteiger partial charge in [-0.05, 0) is 50.0 Å². The third-order valence-electron chi connectivity index (χ3n) is 4.08. The first-order valence-corrected chi connectivity index (χ1v) is 7.51. The summed E-state index contributed by atoms with van der Waals surface area (Å²) in [6.45, 7) is 0.692. The van der Waals surface area contributed by atoms with Crippen molar-refractivity contribution in [3.63, 3.8) is 0 Å². The quantitative estimate of drug-likeness (QED) is 0.567. The van der Waals surface area contributed by atoms with Crippen molar-refractivity contribution >= 4 is 16.7 Å². The first-order valence-electron chi connectivity index (χ1n) is 7.51. The van der Waals surface area contributed by atoms with E-state index in [9.17, 15) is 14.0 Å². The summed E-state index contributed by atoms with van der Waals surface area (Å²) in [7, 11) is 3.89. The molecule has 6 heteroatoms. The number of carbonyl (C=O) groups is 1. The smallest absolute Gasteiger partial charge is 0.266 e. The van der Waals surface area contributed by atoms with Crippen molar-refractivity contribution in [3.8, 4) is 5.69 Å². The molecule has 0 fully saturated rings. The van der Waals surface area contributed by atoms with E-state index in [1.54, 1.807) is 12.1 Å². The molecule has 0 bridgehead atoms. The highest BCUT2D eigenvalue weighted by Gasteiger charge is 2.30. The van der Waals surface area contributed by atoms with Crippen LogP contribution in [0.5, 0.6) is 0 Å². The van der Waals surface area contributed by atoms with Crippen LogP contribution in [-0.4, -0.2) is 34.3 Å². The zero-order chi connectivity index (χ0) is 17.0. The molecule has 2 aromatic carbocycles. The van der Waals surface area contributed by atoms with Gasteiger partial charge < -0.3 is 4.90 Å². The lowest BCUT2D eigenvalue weighted by molar-refractivity contribution is 0.103. The van der Waals surface area contributed by atoms with Crippen LogP contribution in [0.4, 0.5) is 4.39 Å². The fourth-order valence-electron chi connectivity index (χ4n) is 3.08. The lowest BCUT2D eigenvalue weighted by atomic mass is 10.1. The van der Waals surface area contributed by atoms with E-state index in [-0.39, 0.29) is 16.9 Å². The normalized spacial score (nSPS) is 12.8. The molecular weight excluding hydrogens is 309 g/mol. The fourth-order valence-corrected chi connectivity index (χ4v) is 3.08. The zero-order valence-corrected chi connectivity index (χ0v) is 13.2. The van der Waals surface area contributed by atoms with Crippen molar-refractivity contribution in [2.75, 3.05) is 14.1 Å². The summed E-state index contributed by atoms with van der Waals surface area (Å²) in [5.74, 6) is -0.907. The van der Waals surface area contributed by atoms with Gasteiger partial charge in [-0.15, -0.1) is 0 Å². The molecule has 0 spiro atoms. The fraction of sp³-hybridized carbons (Fsp3) is 0.167. The highest BCUT2D eigenvalue weighted by atomic mass is 19.1. The maximum Gasteiger partial charge on any atom is 0.266 e. The maximum atomic E-state index is 13.4. The van der Waals surface area contributed by atoms with E-state index in [1.807, 2.05) is 25.1 Å². The van der Waals surface area contributed by atoms with Crippen LogP contribution in [0.3, 0.4) is 0 Å². The van der Waals surface area contributed by atoms with Crippen molar-refractivity contribution < 1.29 is 9.18 Å². The van der Waals surface area contributed by atoms with Crippen LogP contribution < -0.4 is 5.56 Å². The van der Waals surface area contributed by atoms with Crippen LogP contribution in [0.15, 0.2) is 41.2 Å². The monoisotopic (exact) mass is 323 g/mol. The second-order valence-electron chi connectivity index (χ2n) is 6.16. The number of hydrogen-bond acceptors (Lipinski definition) is 4. The lowest BCUT2D eigenvalue weighted by Gasteiger charge is -2.11. The Labute approximate surface area is 137 Å². The molecule has 0 atom stereocenters. The first-order chi connectivity index (χ1) is 11.5. The molecule has 24 heavy (non-hydrogen) atoms. The number of hydrogen-bond donors (Lipinski definition) is 0. The van der Waals surface area contributed by atoms with Crippen LogP contribution in [0, 0.1) is 5.82 Å². The van der Waals surface area contributed by atoms with E-state index >= 15 is 0 Å². The number of benzene rings is 2. The zero-order valence-electron chi connectivity index (χ0n) is 13.2. The molecule has 0 saturated carbocycles. The highest BCUT2D eigenvalue weighted by molar-refractivity contribution is 6.13. The number of carbonyl (C=O) groups excluding carboxylic acids is 1. The Hall–Kier alpha value is -2.86. The molecule has 0 N–H and O–H groups in total. The maximum absolute atomic E-state index is 13.4. The van der Waals surface area contributed by atoms with Gasteiger partial charge in [0.05, 0.1) is 22.2 Å². The summed E-state index contributed by atoms with van der Waals surface area (Å²) in [5, 5.41) is 0.447. The van der Waals surface area contributed by atoms with E-state index < -0.39 is 11.6 Å². The molecule has 1 aromatic heterocycles. The molecule has 0 amide bonds. The summed E-state index contributed by atoms with van der Waals surface area (Å²) in [6, 6.07) is 9.25. The average Bonchev–Trinajstić information content (AvgIpc) is 2.80. The van der Waals surface area contributed by atoms with Gasteiger partial charge in [0, 0.05) is 6.54 Å². The minimum Gasteiger partial charge on any atom is -0.305 e. The second kappa shape index (κ2) is 5.07. The average molecular weight is 323 g/mol. The van der Waals surface area contributed by atoms with Gasteiger partial charge in [0.1, 0.15) is 5.82 Å². The molecule has 4 rings (SSSR count). The SMILES string of the molecule is CN(C)Cc1ccc2nc3n(c(=O)c2c1)-c1ccc(F)cc1C3=O. The first kappa shape index (κ1) is 14.7. The third-order valence-corrected chi connectivity index (χ3v) is 4.08. The standard InChI is InChI=1S/C18H14FN3O2/c1-21(2)9-10-3-5-14-12(7-10)18(24)22-15-6-4-11(19)8-13(15)16(23)17(22)20-14/h3-8H,9H2,1-2H3.